The fourth-order valence-electron chi connectivity index (χ4n) is 2.13. The summed E-state index contributed by atoms with van der Waals surface area (Å²) in [7, 11) is 1.37. The van der Waals surface area contributed by atoms with Crippen molar-refractivity contribution in [2.75, 3.05) is 0 Å². The SMILES string of the molecule is [2H]C([2H])([2H])n1c(C)nc2c1c(=O)n(CCCC([2H])([2H])[C@]([2H])(C)O)c(=O)n2C. The second-order valence-corrected chi connectivity index (χ2v) is 4.83. The smallest absolute Gasteiger partial charge is 0.332 e. The third-order valence-electron chi connectivity index (χ3n) is 3.25. The van der Waals surface area contributed by atoms with Crippen LogP contribution in [-0.4, -0.2) is 29.9 Å². The number of fused-ring (bicyclic) bond motifs is 1. The van der Waals surface area contributed by atoms with Crippen LogP contribution in [0.2, 0.25) is 0 Å². The molecule has 2 rings (SSSR count). The predicted octanol–water partition coefficient (Wildman–Crippen LogP) is 0.293. The number of aromatic nitrogens is 4. The van der Waals surface area contributed by atoms with Crippen LogP contribution in [0.4, 0.5) is 0 Å². The summed E-state index contributed by atoms with van der Waals surface area (Å²) in [6, 6.07) is 0. The lowest BCUT2D eigenvalue weighted by Gasteiger charge is -2.09. The molecule has 2 aromatic rings. The third kappa shape index (κ3) is 2.78. The number of aliphatic hydroxyl groups is 1. The lowest BCUT2D eigenvalue weighted by atomic mass is 10.2. The molecule has 1 atom stereocenters. The topological polar surface area (TPSA) is 82.1 Å². The summed E-state index contributed by atoms with van der Waals surface area (Å²) in [6.07, 6.45) is -4.86. The first kappa shape index (κ1) is 9.19. The first-order valence-corrected chi connectivity index (χ1v) is 6.51. The highest BCUT2D eigenvalue weighted by Gasteiger charge is 2.16. The highest BCUT2D eigenvalue weighted by molar-refractivity contribution is 5.70. The van der Waals surface area contributed by atoms with Gasteiger partial charge in [-0.3, -0.25) is 13.9 Å². The van der Waals surface area contributed by atoms with Crippen LogP contribution in [0, 0.1) is 6.92 Å². The van der Waals surface area contributed by atoms with Crippen molar-refractivity contribution in [2.24, 2.45) is 14.0 Å². The van der Waals surface area contributed by atoms with E-state index in [-0.39, 0.29) is 36.4 Å². The van der Waals surface area contributed by atoms with E-state index in [1.807, 2.05) is 0 Å². The van der Waals surface area contributed by atoms with Crippen molar-refractivity contribution in [3.05, 3.63) is 26.7 Å². The van der Waals surface area contributed by atoms with E-state index < -0.39 is 30.7 Å². The summed E-state index contributed by atoms with van der Waals surface area (Å²) in [4.78, 5) is 29.3. The molecule has 0 aliphatic rings. The molecular formula is C14H22N4O3. The predicted molar refractivity (Wildman–Crippen MR) is 80.5 cm³/mol. The van der Waals surface area contributed by atoms with E-state index in [4.69, 9.17) is 8.22 Å². The first-order valence-electron chi connectivity index (χ1n) is 9.51. The number of nitrogens with zero attached hydrogens (tertiary/aromatic N) is 4. The van der Waals surface area contributed by atoms with Crippen LogP contribution in [0.25, 0.3) is 11.2 Å². The number of hydrogen-bond donors (Lipinski definition) is 1. The molecule has 0 radical (unpaired) electrons. The van der Waals surface area contributed by atoms with Crippen molar-refractivity contribution in [3.8, 4) is 0 Å². The van der Waals surface area contributed by atoms with Gasteiger partial charge in [0, 0.05) is 27.4 Å². The Kier molecular flexibility index (Phi) is 2.56. The molecule has 0 amide bonds. The zero-order valence-corrected chi connectivity index (χ0v) is 12.2. The third-order valence-corrected chi connectivity index (χ3v) is 3.25. The van der Waals surface area contributed by atoms with Gasteiger partial charge in [-0.1, -0.05) is 0 Å². The second-order valence-electron chi connectivity index (χ2n) is 4.83. The normalized spacial score (nSPS) is 20.0. The minimum atomic E-state index is -2.66. The Balaban J connectivity index is 2.53. The zero-order valence-electron chi connectivity index (χ0n) is 18.2. The van der Waals surface area contributed by atoms with E-state index >= 15 is 0 Å². The van der Waals surface area contributed by atoms with E-state index in [2.05, 4.69) is 4.98 Å². The molecule has 0 aromatic carbocycles. The first-order chi connectivity index (χ1) is 12.1. The maximum Gasteiger partial charge on any atom is 0.332 e. The molecule has 2 aromatic heterocycles. The van der Waals surface area contributed by atoms with Crippen LogP contribution in [0.5, 0.6) is 0 Å². The van der Waals surface area contributed by atoms with Gasteiger partial charge in [-0.25, -0.2) is 9.78 Å². The Morgan fingerprint density at radius 1 is 1.43 bits per heavy atom. The van der Waals surface area contributed by atoms with Gasteiger partial charge >= 0.3 is 5.69 Å². The average Bonchev–Trinajstić information content (AvgIpc) is 2.85. The van der Waals surface area contributed by atoms with Crippen molar-refractivity contribution in [2.45, 2.75) is 45.7 Å². The Morgan fingerprint density at radius 3 is 2.76 bits per heavy atom. The highest BCUT2D eigenvalue weighted by atomic mass is 16.3. The molecule has 7 heteroatoms. The molecule has 0 bridgehead atoms. The number of aryl methyl sites for hydroxylation is 3. The van der Waals surface area contributed by atoms with Gasteiger partial charge < -0.3 is 9.67 Å². The maximum atomic E-state index is 12.8. The molecule has 0 aliphatic heterocycles. The number of hydrogen-bond acceptors (Lipinski definition) is 4. The summed E-state index contributed by atoms with van der Waals surface area (Å²) in [6.45, 7) is -0.412. The van der Waals surface area contributed by atoms with Crippen molar-refractivity contribution in [3.63, 3.8) is 0 Å². The Morgan fingerprint density at radius 2 is 2.14 bits per heavy atom. The molecule has 0 saturated carbocycles. The summed E-state index contributed by atoms with van der Waals surface area (Å²) >= 11 is 0. The van der Waals surface area contributed by atoms with Gasteiger partial charge in [-0.15, -0.1) is 0 Å². The van der Waals surface area contributed by atoms with Crippen LogP contribution in [-0.2, 0) is 20.6 Å². The Hall–Kier alpha value is -1.89. The van der Waals surface area contributed by atoms with Crippen LogP contribution in [0.15, 0.2) is 9.59 Å². The number of imidazole rings is 1. The summed E-state index contributed by atoms with van der Waals surface area (Å²) in [5.41, 5.74) is -1.81. The molecule has 0 aliphatic carbocycles. The molecule has 21 heavy (non-hydrogen) atoms. The molecule has 0 spiro atoms. The summed E-state index contributed by atoms with van der Waals surface area (Å²) in [5.74, 6) is 0.0661. The van der Waals surface area contributed by atoms with Crippen molar-refractivity contribution in [1.29, 1.82) is 0 Å². The molecule has 7 nitrogen and oxygen atoms in total. The van der Waals surface area contributed by atoms with Crippen molar-refractivity contribution >= 4 is 11.2 Å². The van der Waals surface area contributed by atoms with Crippen LogP contribution >= 0.6 is 0 Å². The fraction of sp³-hybridized carbons (Fsp3) is 0.643. The standard InChI is InChI=1S/C14H22N4O3/c1-9(19)7-5-6-8-18-13(20)11-12(17(4)14(18)21)15-10(2)16(11)3/h9,19H,5-8H2,1-4H3/t9-/m0/s1/i3D3,7D2,9D. The lowest BCUT2D eigenvalue weighted by molar-refractivity contribution is 0.180. The van der Waals surface area contributed by atoms with E-state index in [9.17, 15) is 14.7 Å². The molecule has 2 heterocycles. The molecule has 1 N–H and O–H groups in total. The van der Waals surface area contributed by atoms with Crippen molar-refractivity contribution in [1.82, 2.24) is 18.7 Å². The van der Waals surface area contributed by atoms with Gasteiger partial charge in [0.15, 0.2) is 11.2 Å². The van der Waals surface area contributed by atoms with Gasteiger partial charge in [-0.2, -0.15) is 0 Å². The average molecular weight is 300 g/mol. The van der Waals surface area contributed by atoms with Gasteiger partial charge in [0.05, 0.1) is 7.45 Å². The van der Waals surface area contributed by atoms with Crippen LogP contribution in [0.1, 0.15) is 40.2 Å². The molecule has 0 unspecified atom stereocenters. The van der Waals surface area contributed by atoms with Gasteiger partial charge in [0.25, 0.3) is 5.56 Å². The van der Waals surface area contributed by atoms with E-state index in [1.54, 1.807) is 0 Å². The molecule has 0 fully saturated rings. The lowest BCUT2D eigenvalue weighted by Crippen LogP contribution is -2.39. The summed E-state index contributed by atoms with van der Waals surface area (Å²) < 4.78 is 48.4. The van der Waals surface area contributed by atoms with E-state index in [0.717, 1.165) is 20.6 Å². The van der Waals surface area contributed by atoms with E-state index in [1.165, 1.54) is 14.0 Å². The number of rotatable bonds is 5. The van der Waals surface area contributed by atoms with Crippen molar-refractivity contribution < 1.29 is 13.3 Å². The second kappa shape index (κ2) is 5.85. The van der Waals surface area contributed by atoms with E-state index in [0.29, 0.717) is 0 Å². The minimum Gasteiger partial charge on any atom is -0.393 e. The Bertz CT molecular complexity index is 980. The molecular weight excluding hydrogens is 272 g/mol. The monoisotopic (exact) mass is 300 g/mol. The molecule has 116 valence electrons. The quantitative estimate of drug-likeness (QED) is 0.860. The Labute approximate surface area is 130 Å². The minimum absolute atomic E-state index is 0.0103. The van der Waals surface area contributed by atoms with Gasteiger partial charge in [0.1, 0.15) is 5.82 Å². The highest BCUT2D eigenvalue weighted by Crippen LogP contribution is 2.08. The molecule has 0 saturated heterocycles. The summed E-state index contributed by atoms with van der Waals surface area (Å²) in [5, 5.41) is 9.55. The fourth-order valence-corrected chi connectivity index (χ4v) is 2.13. The largest absolute Gasteiger partial charge is 0.393 e. The zero-order chi connectivity index (χ0) is 20.9. The maximum absolute atomic E-state index is 12.8. The van der Waals surface area contributed by atoms with Crippen LogP contribution < -0.4 is 11.2 Å². The van der Waals surface area contributed by atoms with Gasteiger partial charge in [-0.05, 0) is 33.1 Å². The van der Waals surface area contributed by atoms with Gasteiger partial charge in [0.2, 0.25) is 0 Å². The van der Waals surface area contributed by atoms with Crippen LogP contribution in [0.3, 0.4) is 0 Å².